The topological polar surface area (TPSA) is 85.5 Å². The van der Waals surface area contributed by atoms with E-state index in [1.54, 1.807) is 23.1 Å². The molecule has 1 fully saturated rings. The van der Waals surface area contributed by atoms with Gasteiger partial charge < -0.3 is 20.1 Å². The van der Waals surface area contributed by atoms with Gasteiger partial charge in [0.15, 0.2) is 0 Å². The molecule has 0 bridgehead atoms. The Morgan fingerprint density at radius 1 is 0.935 bits per heavy atom. The SMILES string of the molecule is O=C(NCCc1ccccc1F)C(=O)N1CCN(C(=O)c2cc3ccccc3[nH]2)CC1. The second kappa shape index (κ2) is 8.99. The number of piperazine rings is 1. The number of nitrogens with one attached hydrogen (secondary N) is 2. The first-order valence-corrected chi connectivity index (χ1v) is 10.2. The molecule has 2 aromatic carbocycles. The number of fused-ring (bicyclic) bond motifs is 1. The third-order valence-electron chi connectivity index (χ3n) is 5.45. The number of para-hydroxylation sites is 1. The Bertz CT molecular complexity index is 1090. The van der Waals surface area contributed by atoms with Crippen LogP contribution in [0.5, 0.6) is 0 Å². The molecule has 1 saturated heterocycles. The molecule has 4 rings (SSSR count). The van der Waals surface area contributed by atoms with Crippen molar-refractivity contribution in [3.8, 4) is 0 Å². The first kappa shape index (κ1) is 20.6. The van der Waals surface area contributed by atoms with Crippen molar-refractivity contribution in [2.75, 3.05) is 32.7 Å². The van der Waals surface area contributed by atoms with Crippen molar-refractivity contribution in [1.29, 1.82) is 0 Å². The Labute approximate surface area is 178 Å². The van der Waals surface area contributed by atoms with Crippen molar-refractivity contribution >= 4 is 28.6 Å². The van der Waals surface area contributed by atoms with E-state index in [0.29, 0.717) is 30.8 Å². The molecule has 3 aromatic rings. The molecule has 0 aliphatic carbocycles. The molecule has 1 aliphatic rings. The highest BCUT2D eigenvalue weighted by molar-refractivity contribution is 6.35. The predicted octanol–water partition coefficient (Wildman–Crippen LogP) is 1.95. The molecule has 1 aliphatic heterocycles. The standard InChI is InChI=1S/C23H23FN4O3/c24-18-7-3-1-5-16(18)9-10-25-21(29)23(31)28-13-11-27(12-14-28)22(30)20-15-17-6-2-4-8-19(17)26-20/h1-8,15,26H,9-14H2,(H,25,29). The molecule has 0 spiro atoms. The number of benzene rings is 2. The lowest BCUT2D eigenvalue weighted by atomic mass is 10.1. The van der Waals surface area contributed by atoms with Gasteiger partial charge in [-0.25, -0.2) is 4.39 Å². The quantitative estimate of drug-likeness (QED) is 0.631. The van der Waals surface area contributed by atoms with Gasteiger partial charge in [0.1, 0.15) is 11.5 Å². The molecule has 0 atom stereocenters. The zero-order valence-corrected chi connectivity index (χ0v) is 16.9. The minimum Gasteiger partial charge on any atom is -0.351 e. The summed E-state index contributed by atoms with van der Waals surface area (Å²) < 4.78 is 13.6. The molecule has 3 amide bonds. The average Bonchev–Trinajstić information content (AvgIpc) is 3.24. The van der Waals surface area contributed by atoms with Crippen LogP contribution < -0.4 is 5.32 Å². The Balaban J connectivity index is 1.26. The fourth-order valence-corrected chi connectivity index (χ4v) is 3.70. The molecular weight excluding hydrogens is 399 g/mol. The molecular formula is C23H23FN4O3. The normalized spacial score (nSPS) is 14.0. The smallest absolute Gasteiger partial charge is 0.312 e. The first-order chi connectivity index (χ1) is 15.0. The maximum atomic E-state index is 13.6. The van der Waals surface area contributed by atoms with E-state index in [-0.39, 0.29) is 31.4 Å². The van der Waals surface area contributed by atoms with Crippen LogP contribution in [0.25, 0.3) is 10.9 Å². The molecule has 8 heteroatoms. The van der Waals surface area contributed by atoms with Gasteiger partial charge in [-0.15, -0.1) is 0 Å². The van der Waals surface area contributed by atoms with Gasteiger partial charge in [0.2, 0.25) is 0 Å². The maximum Gasteiger partial charge on any atom is 0.312 e. The van der Waals surface area contributed by atoms with Crippen LogP contribution in [0, 0.1) is 5.82 Å². The van der Waals surface area contributed by atoms with Crippen LogP contribution in [0.3, 0.4) is 0 Å². The van der Waals surface area contributed by atoms with Crippen molar-refractivity contribution in [1.82, 2.24) is 20.1 Å². The van der Waals surface area contributed by atoms with E-state index in [9.17, 15) is 18.8 Å². The Hall–Kier alpha value is -3.68. The molecule has 2 N–H and O–H groups in total. The van der Waals surface area contributed by atoms with Crippen LogP contribution in [0.4, 0.5) is 4.39 Å². The van der Waals surface area contributed by atoms with Crippen LogP contribution in [0.1, 0.15) is 16.1 Å². The number of nitrogens with zero attached hydrogens (tertiary/aromatic N) is 2. The zero-order valence-electron chi connectivity index (χ0n) is 16.9. The number of rotatable bonds is 4. The second-order valence-electron chi connectivity index (χ2n) is 7.45. The lowest BCUT2D eigenvalue weighted by Gasteiger charge is -2.34. The summed E-state index contributed by atoms with van der Waals surface area (Å²) in [5.74, 6) is -1.81. The summed E-state index contributed by atoms with van der Waals surface area (Å²) in [6.07, 6.45) is 0.304. The predicted molar refractivity (Wildman–Crippen MR) is 114 cm³/mol. The number of amides is 3. The van der Waals surface area contributed by atoms with E-state index < -0.39 is 11.8 Å². The molecule has 31 heavy (non-hydrogen) atoms. The fraction of sp³-hybridized carbons (Fsp3) is 0.261. The summed E-state index contributed by atoms with van der Waals surface area (Å²) >= 11 is 0. The minimum absolute atomic E-state index is 0.127. The van der Waals surface area contributed by atoms with Gasteiger partial charge in [0, 0.05) is 43.6 Å². The van der Waals surface area contributed by atoms with E-state index in [4.69, 9.17) is 0 Å². The molecule has 7 nitrogen and oxygen atoms in total. The van der Waals surface area contributed by atoms with Crippen LogP contribution >= 0.6 is 0 Å². The van der Waals surface area contributed by atoms with Gasteiger partial charge >= 0.3 is 11.8 Å². The number of aromatic nitrogens is 1. The first-order valence-electron chi connectivity index (χ1n) is 10.2. The lowest BCUT2D eigenvalue weighted by Crippen LogP contribution is -2.54. The van der Waals surface area contributed by atoms with E-state index >= 15 is 0 Å². The zero-order chi connectivity index (χ0) is 21.8. The monoisotopic (exact) mass is 422 g/mol. The maximum absolute atomic E-state index is 13.6. The van der Waals surface area contributed by atoms with Crippen molar-refractivity contribution in [2.45, 2.75) is 6.42 Å². The number of carbonyl (C=O) groups is 3. The fourth-order valence-electron chi connectivity index (χ4n) is 3.70. The van der Waals surface area contributed by atoms with Crippen LogP contribution in [-0.2, 0) is 16.0 Å². The number of hydrogen-bond acceptors (Lipinski definition) is 3. The van der Waals surface area contributed by atoms with Gasteiger partial charge in [0.05, 0.1) is 0 Å². The third-order valence-corrected chi connectivity index (χ3v) is 5.45. The van der Waals surface area contributed by atoms with Crippen LogP contribution in [0.2, 0.25) is 0 Å². The lowest BCUT2D eigenvalue weighted by molar-refractivity contribution is -0.146. The summed E-state index contributed by atoms with van der Waals surface area (Å²) in [5.41, 5.74) is 1.89. The van der Waals surface area contributed by atoms with Gasteiger partial charge in [-0.3, -0.25) is 14.4 Å². The van der Waals surface area contributed by atoms with Crippen molar-refractivity contribution in [3.63, 3.8) is 0 Å². The summed E-state index contributed by atoms with van der Waals surface area (Å²) in [6, 6.07) is 15.8. The van der Waals surface area contributed by atoms with Gasteiger partial charge in [0.25, 0.3) is 5.91 Å². The van der Waals surface area contributed by atoms with E-state index in [2.05, 4.69) is 10.3 Å². The molecule has 160 valence electrons. The van der Waals surface area contributed by atoms with Gasteiger partial charge in [-0.2, -0.15) is 0 Å². The van der Waals surface area contributed by atoms with Crippen molar-refractivity contribution in [2.24, 2.45) is 0 Å². The number of H-pyrrole nitrogens is 1. The third kappa shape index (κ3) is 4.58. The summed E-state index contributed by atoms with van der Waals surface area (Å²) in [7, 11) is 0. The van der Waals surface area contributed by atoms with Crippen molar-refractivity contribution < 1.29 is 18.8 Å². The molecule has 0 radical (unpaired) electrons. The number of aromatic amines is 1. The minimum atomic E-state index is -0.716. The highest BCUT2D eigenvalue weighted by Gasteiger charge is 2.28. The molecule has 0 unspecified atom stereocenters. The van der Waals surface area contributed by atoms with E-state index in [1.807, 2.05) is 30.3 Å². The molecule has 0 saturated carbocycles. The van der Waals surface area contributed by atoms with E-state index in [0.717, 1.165) is 10.9 Å². The number of carbonyl (C=O) groups excluding carboxylic acids is 3. The summed E-state index contributed by atoms with van der Waals surface area (Å²) in [6.45, 7) is 1.44. The van der Waals surface area contributed by atoms with Gasteiger partial charge in [-0.05, 0) is 30.2 Å². The molecule has 1 aromatic heterocycles. The van der Waals surface area contributed by atoms with Crippen LogP contribution in [0.15, 0.2) is 54.6 Å². The van der Waals surface area contributed by atoms with Crippen LogP contribution in [-0.4, -0.2) is 65.2 Å². The number of hydrogen-bond donors (Lipinski definition) is 2. The summed E-state index contributed by atoms with van der Waals surface area (Å²) in [4.78, 5) is 43.6. The Morgan fingerprint density at radius 3 is 2.35 bits per heavy atom. The Kier molecular flexibility index (Phi) is 5.97. The molecule has 2 heterocycles. The largest absolute Gasteiger partial charge is 0.351 e. The number of halogens is 1. The highest BCUT2D eigenvalue weighted by Crippen LogP contribution is 2.17. The van der Waals surface area contributed by atoms with Crippen molar-refractivity contribution in [3.05, 3.63) is 71.7 Å². The van der Waals surface area contributed by atoms with Gasteiger partial charge in [-0.1, -0.05) is 36.4 Å². The second-order valence-corrected chi connectivity index (χ2v) is 7.45. The van der Waals surface area contributed by atoms with E-state index in [1.165, 1.54) is 11.0 Å². The Morgan fingerprint density at radius 2 is 1.61 bits per heavy atom. The summed E-state index contributed by atoms with van der Waals surface area (Å²) in [5, 5.41) is 3.51. The average molecular weight is 422 g/mol. The highest BCUT2D eigenvalue weighted by atomic mass is 19.1.